The third-order valence-electron chi connectivity index (χ3n) is 3.50. The Balaban J connectivity index is 1.94. The fraction of sp³-hybridized carbons (Fsp3) is 0.235. The van der Waals surface area contributed by atoms with Crippen molar-refractivity contribution in [3.63, 3.8) is 0 Å². The quantitative estimate of drug-likeness (QED) is 0.668. The molecule has 9 heteroatoms. The van der Waals surface area contributed by atoms with Gasteiger partial charge in [-0.2, -0.15) is 0 Å². The molecule has 1 N–H and O–H groups in total. The van der Waals surface area contributed by atoms with Gasteiger partial charge in [-0.15, -0.1) is 11.3 Å². The molecule has 0 aliphatic heterocycles. The molecule has 0 amide bonds. The number of ether oxygens (including phenoxy) is 3. The number of aryl methyl sites for hydroxylation is 1. The van der Waals surface area contributed by atoms with Gasteiger partial charge in [-0.3, -0.25) is 0 Å². The fourth-order valence-corrected chi connectivity index (χ4v) is 3.56. The predicted molar refractivity (Wildman–Crippen MR) is 102 cm³/mol. The largest absolute Gasteiger partial charge is 0.493 e. The van der Waals surface area contributed by atoms with Crippen LogP contribution in [-0.4, -0.2) is 36.3 Å². The normalized spacial score (nSPS) is 10.5. The lowest BCUT2D eigenvalue weighted by molar-refractivity contribution is 0.324. The van der Waals surface area contributed by atoms with Gasteiger partial charge in [-0.25, -0.2) is 15.0 Å². The van der Waals surface area contributed by atoms with Crippen LogP contribution in [0.15, 0.2) is 24.4 Å². The molecule has 3 aromatic rings. The van der Waals surface area contributed by atoms with E-state index < -0.39 is 0 Å². The maximum Gasteiger partial charge on any atom is 0.227 e. The van der Waals surface area contributed by atoms with Gasteiger partial charge in [0.05, 0.1) is 36.9 Å². The van der Waals surface area contributed by atoms with Crippen molar-refractivity contribution in [1.29, 1.82) is 0 Å². The summed E-state index contributed by atoms with van der Waals surface area (Å²) in [6.07, 6.45) is 1.66. The average molecular weight is 393 g/mol. The lowest BCUT2D eigenvalue weighted by Gasteiger charge is -2.14. The van der Waals surface area contributed by atoms with E-state index >= 15 is 0 Å². The van der Waals surface area contributed by atoms with E-state index in [-0.39, 0.29) is 0 Å². The SMILES string of the molecule is COc1cc(Nc2nccc(-c3sc(C)nc3Cl)n2)cc(OC)c1OC. The van der Waals surface area contributed by atoms with Crippen LogP contribution in [0.4, 0.5) is 11.6 Å². The number of benzene rings is 1. The molecule has 2 aromatic heterocycles. The molecule has 26 heavy (non-hydrogen) atoms. The van der Waals surface area contributed by atoms with Gasteiger partial charge in [0.1, 0.15) is 5.15 Å². The van der Waals surface area contributed by atoms with Gasteiger partial charge in [0.2, 0.25) is 11.7 Å². The third kappa shape index (κ3) is 3.66. The highest BCUT2D eigenvalue weighted by Crippen LogP contribution is 2.40. The number of nitrogens with one attached hydrogen (secondary N) is 1. The Morgan fingerprint density at radius 2 is 1.73 bits per heavy atom. The molecule has 0 spiro atoms. The highest BCUT2D eigenvalue weighted by Gasteiger charge is 2.15. The molecular weight excluding hydrogens is 376 g/mol. The summed E-state index contributed by atoms with van der Waals surface area (Å²) in [5, 5.41) is 4.46. The zero-order chi connectivity index (χ0) is 18.7. The predicted octanol–water partition coefficient (Wildman–Crippen LogP) is 4.33. The molecule has 0 saturated carbocycles. The van der Waals surface area contributed by atoms with E-state index in [0.29, 0.717) is 39.7 Å². The number of halogens is 1. The van der Waals surface area contributed by atoms with E-state index in [1.165, 1.54) is 11.3 Å². The maximum atomic E-state index is 6.18. The molecule has 1 aromatic carbocycles. The van der Waals surface area contributed by atoms with Gasteiger partial charge in [0.15, 0.2) is 11.5 Å². The molecule has 0 unspecified atom stereocenters. The smallest absolute Gasteiger partial charge is 0.227 e. The lowest BCUT2D eigenvalue weighted by atomic mass is 10.2. The zero-order valence-corrected chi connectivity index (χ0v) is 16.2. The molecule has 0 saturated heterocycles. The summed E-state index contributed by atoms with van der Waals surface area (Å²) in [5.41, 5.74) is 1.40. The van der Waals surface area contributed by atoms with Gasteiger partial charge in [0, 0.05) is 24.0 Å². The summed E-state index contributed by atoms with van der Waals surface area (Å²) in [4.78, 5) is 13.8. The number of rotatable bonds is 6. The minimum atomic E-state index is 0.416. The molecule has 0 aliphatic rings. The Labute approximate surface area is 159 Å². The summed E-state index contributed by atoms with van der Waals surface area (Å²) in [7, 11) is 4.68. The molecule has 0 bridgehead atoms. The van der Waals surface area contributed by atoms with Gasteiger partial charge in [-0.05, 0) is 13.0 Å². The summed E-state index contributed by atoms with van der Waals surface area (Å²) in [6, 6.07) is 5.35. The molecule has 0 fully saturated rings. The second-order valence-electron chi connectivity index (χ2n) is 5.16. The van der Waals surface area contributed by atoms with Crippen molar-refractivity contribution < 1.29 is 14.2 Å². The molecule has 3 rings (SSSR count). The summed E-state index contributed by atoms with van der Waals surface area (Å²) in [6.45, 7) is 1.90. The van der Waals surface area contributed by atoms with E-state index in [0.717, 1.165) is 9.88 Å². The van der Waals surface area contributed by atoms with Gasteiger partial charge >= 0.3 is 0 Å². The van der Waals surface area contributed by atoms with Crippen molar-refractivity contribution in [2.24, 2.45) is 0 Å². The van der Waals surface area contributed by atoms with Gasteiger partial charge in [-0.1, -0.05) is 11.6 Å². The van der Waals surface area contributed by atoms with Crippen LogP contribution in [0.25, 0.3) is 10.6 Å². The first-order chi connectivity index (χ1) is 12.5. The van der Waals surface area contributed by atoms with E-state index in [2.05, 4.69) is 20.3 Å². The van der Waals surface area contributed by atoms with E-state index in [9.17, 15) is 0 Å². The third-order valence-corrected chi connectivity index (χ3v) is 4.88. The van der Waals surface area contributed by atoms with E-state index in [1.807, 2.05) is 6.92 Å². The highest BCUT2D eigenvalue weighted by molar-refractivity contribution is 7.15. The minimum absolute atomic E-state index is 0.416. The van der Waals surface area contributed by atoms with Crippen molar-refractivity contribution in [2.45, 2.75) is 6.92 Å². The Bertz CT molecular complexity index is 907. The summed E-state index contributed by atoms with van der Waals surface area (Å²) >= 11 is 7.66. The Morgan fingerprint density at radius 1 is 1.04 bits per heavy atom. The van der Waals surface area contributed by atoms with Crippen LogP contribution < -0.4 is 19.5 Å². The maximum absolute atomic E-state index is 6.18. The van der Waals surface area contributed by atoms with Crippen molar-refractivity contribution in [3.8, 4) is 27.8 Å². The number of anilines is 2. The van der Waals surface area contributed by atoms with Crippen molar-refractivity contribution in [1.82, 2.24) is 15.0 Å². The number of thiazole rings is 1. The molecule has 136 valence electrons. The standard InChI is InChI=1S/C17H17ClN4O3S/c1-9-20-16(18)15(26-9)11-5-6-19-17(22-11)21-10-7-12(23-2)14(25-4)13(8-10)24-3/h5-8H,1-4H3,(H,19,21,22). The second kappa shape index (κ2) is 7.76. The Morgan fingerprint density at radius 3 is 2.27 bits per heavy atom. The van der Waals surface area contributed by atoms with Crippen LogP contribution in [0.5, 0.6) is 17.2 Å². The van der Waals surface area contributed by atoms with Crippen molar-refractivity contribution in [2.75, 3.05) is 26.6 Å². The van der Waals surface area contributed by atoms with Crippen molar-refractivity contribution >= 4 is 34.6 Å². The molecular formula is C17H17ClN4O3S. The molecule has 2 heterocycles. The number of aromatic nitrogens is 3. The van der Waals surface area contributed by atoms with Gasteiger partial charge in [0.25, 0.3) is 0 Å². The molecule has 0 radical (unpaired) electrons. The number of hydrogen-bond acceptors (Lipinski definition) is 8. The number of hydrogen-bond donors (Lipinski definition) is 1. The zero-order valence-electron chi connectivity index (χ0n) is 14.7. The van der Waals surface area contributed by atoms with Crippen molar-refractivity contribution in [3.05, 3.63) is 34.6 Å². The van der Waals surface area contributed by atoms with Crippen LogP contribution in [0.3, 0.4) is 0 Å². The summed E-state index contributed by atoms with van der Waals surface area (Å²) in [5.74, 6) is 2.00. The van der Waals surface area contributed by atoms with Crippen LogP contribution >= 0.6 is 22.9 Å². The van der Waals surface area contributed by atoms with Crippen LogP contribution in [0.1, 0.15) is 5.01 Å². The van der Waals surface area contributed by atoms with E-state index in [1.54, 1.807) is 45.7 Å². The van der Waals surface area contributed by atoms with Crippen LogP contribution in [0, 0.1) is 6.92 Å². The van der Waals surface area contributed by atoms with E-state index in [4.69, 9.17) is 25.8 Å². The highest BCUT2D eigenvalue weighted by atomic mass is 35.5. The minimum Gasteiger partial charge on any atom is -0.493 e. The Kier molecular flexibility index (Phi) is 5.43. The van der Waals surface area contributed by atoms with Crippen LogP contribution in [-0.2, 0) is 0 Å². The molecule has 0 atom stereocenters. The lowest BCUT2D eigenvalue weighted by Crippen LogP contribution is -2.00. The van der Waals surface area contributed by atoms with Gasteiger partial charge < -0.3 is 19.5 Å². The number of nitrogens with zero attached hydrogens (tertiary/aromatic N) is 3. The average Bonchev–Trinajstić information content (AvgIpc) is 2.99. The number of methoxy groups -OCH3 is 3. The second-order valence-corrected chi connectivity index (χ2v) is 6.72. The van der Waals surface area contributed by atoms with Crippen LogP contribution in [0.2, 0.25) is 5.15 Å². The topological polar surface area (TPSA) is 78.4 Å². The monoisotopic (exact) mass is 392 g/mol. The fourth-order valence-electron chi connectivity index (χ4n) is 2.39. The Hall–Kier alpha value is -2.58. The summed E-state index contributed by atoms with van der Waals surface area (Å²) < 4.78 is 16.0. The first-order valence-electron chi connectivity index (χ1n) is 7.59. The molecule has 0 aliphatic carbocycles. The first-order valence-corrected chi connectivity index (χ1v) is 8.78. The molecule has 7 nitrogen and oxygen atoms in total. The first kappa shape index (κ1) is 18.2.